The van der Waals surface area contributed by atoms with E-state index in [9.17, 15) is 18.8 Å². The Morgan fingerprint density at radius 3 is 2.28 bits per heavy atom. The van der Waals surface area contributed by atoms with E-state index in [4.69, 9.17) is 4.74 Å². The second-order valence-corrected chi connectivity index (χ2v) is 8.29. The number of halogens is 1. The van der Waals surface area contributed by atoms with Gasteiger partial charge < -0.3 is 20.7 Å². The molecule has 8 heteroatoms. The van der Waals surface area contributed by atoms with Crippen LogP contribution >= 0.6 is 0 Å². The van der Waals surface area contributed by atoms with Gasteiger partial charge in [0.15, 0.2) is 0 Å². The van der Waals surface area contributed by atoms with Crippen molar-refractivity contribution in [1.82, 2.24) is 10.6 Å². The highest BCUT2D eigenvalue weighted by atomic mass is 19.1. The summed E-state index contributed by atoms with van der Waals surface area (Å²) in [5, 5.41) is 8.17. The number of amides is 3. The third kappa shape index (κ3) is 9.59. The molecule has 0 atom stereocenters. The third-order valence-electron chi connectivity index (χ3n) is 4.34. The van der Waals surface area contributed by atoms with E-state index in [1.165, 1.54) is 12.1 Å². The molecule has 0 spiro atoms. The van der Waals surface area contributed by atoms with Gasteiger partial charge in [-0.3, -0.25) is 9.59 Å². The topological polar surface area (TPSA) is 96.5 Å². The van der Waals surface area contributed by atoms with Crippen molar-refractivity contribution in [2.45, 2.75) is 52.2 Å². The molecular formula is C24H30FN3O4. The van der Waals surface area contributed by atoms with E-state index < -0.39 is 11.7 Å². The molecule has 172 valence electrons. The lowest BCUT2D eigenvalue weighted by atomic mass is 10.1. The van der Waals surface area contributed by atoms with Gasteiger partial charge >= 0.3 is 6.09 Å². The Kier molecular flexibility index (Phi) is 9.19. The SMILES string of the molecule is CC(C)(C)OC(=O)NCCC(=O)NCc1ccccc1NC(=O)CCc1ccc(F)cc1. The summed E-state index contributed by atoms with van der Waals surface area (Å²) >= 11 is 0. The summed E-state index contributed by atoms with van der Waals surface area (Å²) in [5.74, 6) is -0.719. The summed E-state index contributed by atoms with van der Waals surface area (Å²) in [4.78, 5) is 36.0. The van der Waals surface area contributed by atoms with Gasteiger partial charge in [0.25, 0.3) is 0 Å². The quantitative estimate of drug-likeness (QED) is 0.547. The smallest absolute Gasteiger partial charge is 0.407 e. The molecular weight excluding hydrogens is 413 g/mol. The number of carbonyl (C=O) groups is 3. The fraction of sp³-hybridized carbons (Fsp3) is 0.375. The maximum absolute atomic E-state index is 13.0. The van der Waals surface area contributed by atoms with Crippen molar-refractivity contribution >= 4 is 23.6 Å². The van der Waals surface area contributed by atoms with Crippen LogP contribution in [-0.4, -0.2) is 30.1 Å². The van der Waals surface area contributed by atoms with Gasteiger partial charge in [0.05, 0.1) is 0 Å². The van der Waals surface area contributed by atoms with Crippen LogP contribution in [0, 0.1) is 5.82 Å². The molecule has 0 fully saturated rings. The van der Waals surface area contributed by atoms with E-state index in [2.05, 4.69) is 16.0 Å². The second-order valence-electron chi connectivity index (χ2n) is 8.29. The summed E-state index contributed by atoms with van der Waals surface area (Å²) in [5.41, 5.74) is 1.65. The molecule has 2 aromatic carbocycles. The van der Waals surface area contributed by atoms with Crippen LogP contribution in [-0.2, 0) is 27.3 Å². The lowest BCUT2D eigenvalue weighted by molar-refractivity contribution is -0.121. The molecule has 0 bridgehead atoms. The van der Waals surface area contributed by atoms with Crippen LogP contribution in [0.1, 0.15) is 44.7 Å². The number of hydrogen-bond donors (Lipinski definition) is 3. The maximum atomic E-state index is 13.0. The highest BCUT2D eigenvalue weighted by molar-refractivity contribution is 5.91. The average molecular weight is 444 g/mol. The Morgan fingerprint density at radius 1 is 0.906 bits per heavy atom. The van der Waals surface area contributed by atoms with Crippen molar-refractivity contribution < 1.29 is 23.5 Å². The zero-order valence-corrected chi connectivity index (χ0v) is 18.7. The van der Waals surface area contributed by atoms with E-state index in [0.717, 1.165) is 11.1 Å². The molecule has 0 aliphatic rings. The molecule has 0 saturated carbocycles. The summed E-state index contributed by atoms with van der Waals surface area (Å²) < 4.78 is 18.1. The molecule has 0 aromatic heterocycles. The van der Waals surface area contributed by atoms with Gasteiger partial charge in [-0.2, -0.15) is 0 Å². The van der Waals surface area contributed by atoms with Crippen LogP contribution in [0.15, 0.2) is 48.5 Å². The Labute approximate surface area is 187 Å². The highest BCUT2D eigenvalue weighted by Gasteiger charge is 2.16. The first kappa shape index (κ1) is 24.8. The lowest BCUT2D eigenvalue weighted by Crippen LogP contribution is -2.35. The molecule has 3 amide bonds. The van der Waals surface area contributed by atoms with Gasteiger partial charge in [-0.15, -0.1) is 0 Å². The Morgan fingerprint density at radius 2 is 1.59 bits per heavy atom. The van der Waals surface area contributed by atoms with Crippen molar-refractivity contribution in [3.63, 3.8) is 0 Å². The Hall–Kier alpha value is -3.42. The molecule has 0 radical (unpaired) electrons. The summed E-state index contributed by atoms with van der Waals surface area (Å²) in [7, 11) is 0. The Balaban J connectivity index is 1.77. The number of anilines is 1. The standard InChI is InChI=1S/C24H30FN3O4/c1-24(2,3)32-23(31)26-15-14-21(29)27-16-18-6-4-5-7-20(18)28-22(30)13-10-17-8-11-19(25)12-9-17/h4-9,11-12H,10,13-16H2,1-3H3,(H,26,31)(H,27,29)(H,28,30). The molecule has 2 rings (SSSR count). The van der Waals surface area contributed by atoms with Gasteiger partial charge in [-0.25, -0.2) is 9.18 Å². The zero-order chi connectivity index (χ0) is 23.6. The lowest BCUT2D eigenvalue weighted by Gasteiger charge is -2.19. The van der Waals surface area contributed by atoms with Gasteiger partial charge in [0.1, 0.15) is 11.4 Å². The van der Waals surface area contributed by atoms with Crippen molar-refractivity contribution in [3.05, 3.63) is 65.5 Å². The Bertz CT molecular complexity index is 924. The fourth-order valence-electron chi connectivity index (χ4n) is 2.79. The molecule has 3 N–H and O–H groups in total. The van der Waals surface area contributed by atoms with Gasteiger partial charge in [-0.1, -0.05) is 30.3 Å². The van der Waals surface area contributed by atoms with Crippen LogP contribution in [0.4, 0.5) is 14.9 Å². The monoisotopic (exact) mass is 443 g/mol. The van der Waals surface area contributed by atoms with Crippen LogP contribution in [0.5, 0.6) is 0 Å². The second kappa shape index (κ2) is 11.8. The van der Waals surface area contributed by atoms with Crippen LogP contribution in [0.2, 0.25) is 0 Å². The number of nitrogens with one attached hydrogen (secondary N) is 3. The van der Waals surface area contributed by atoms with Crippen LogP contribution in [0.3, 0.4) is 0 Å². The van der Waals surface area contributed by atoms with Crippen molar-refractivity contribution in [2.24, 2.45) is 0 Å². The van der Waals surface area contributed by atoms with Crippen molar-refractivity contribution in [1.29, 1.82) is 0 Å². The summed E-state index contributed by atoms with van der Waals surface area (Å²) in [6.45, 7) is 5.68. The first-order valence-electron chi connectivity index (χ1n) is 10.5. The number of alkyl carbamates (subject to hydrolysis) is 1. The maximum Gasteiger partial charge on any atom is 0.407 e. The van der Waals surface area contributed by atoms with E-state index in [1.807, 2.05) is 12.1 Å². The van der Waals surface area contributed by atoms with Crippen molar-refractivity contribution in [3.8, 4) is 0 Å². The molecule has 0 aliphatic carbocycles. The minimum Gasteiger partial charge on any atom is -0.444 e. The summed E-state index contributed by atoms with van der Waals surface area (Å²) in [6, 6.07) is 13.2. The third-order valence-corrected chi connectivity index (χ3v) is 4.34. The molecule has 7 nitrogen and oxygen atoms in total. The number of rotatable bonds is 9. The number of benzene rings is 2. The molecule has 0 unspecified atom stereocenters. The molecule has 32 heavy (non-hydrogen) atoms. The molecule has 0 aliphatic heterocycles. The highest BCUT2D eigenvalue weighted by Crippen LogP contribution is 2.16. The van der Waals surface area contributed by atoms with Gasteiger partial charge in [-0.05, 0) is 56.5 Å². The predicted molar refractivity (Wildman–Crippen MR) is 120 cm³/mol. The fourth-order valence-corrected chi connectivity index (χ4v) is 2.79. The molecule has 0 saturated heterocycles. The normalized spacial score (nSPS) is 10.9. The number of ether oxygens (including phenoxy) is 1. The number of hydrogen-bond acceptors (Lipinski definition) is 4. The van der Waals surface area contributed by atoms with E-state index in [-0.39, 0.29) is 43.6 Å². The number of aryl methyl sites for hydroxylation is 1. The number of para-hydroxylation sites is 1. The van der Waals surface area contributed by atoms with E-state index >= 15 is 0 Å². The largest absolute Gasteiger partial charge is 0.444 e. The minimum absolute atomic E-state index is 0.103. The van der Waals surface area contributed by atoms with Gasteiger partial charge in [0.2, 0.25) is 11.8 Å². The van der Waals surface area contributed by atoms with Crippen molar-refractivity contribution in [2.75, 3.05) is 11.9 Å². The molecule has 0 heterocycles. The van der Waals surface area contributed by atoms with Crippen LogP contribution in [0.25, 0.3) is 0 Å². The minimum atomic E-state index is -0.598. The van der Waals surface area contributed by atoms with Gasteiger partial charge in [0, 0.05) is 31.6 Å². The van der Waals surface area contributed by atoms with E-state index in [1.54, 1.807) is 45.0 Å². The molecule has 2 aromatic rings. The van der Waals surface area contributed by atoms with E-state index in [0.29, 0.717) is 12.1 Å². The first-order valence-corrected chi connectivity index (χ1v) is 10.5. The summed E-state index contributed by atoms with van der Waals surface area (Å²) in [6.07, 6.45) is 0.281. The number of carbonyl (C=O) groups excluding carboxylic acids is 3. The first-order chi connectivity index (χ1) is 15.1. The average Bonchev–Trinajstić information content (AvgIpc) is 2.71. The van der Waals surface area contributed by atoms with Crippen LogP contribution < -0.4 is 16.0 Å². The predicted octanol–water partition coefficient (Wildman–Crippen LogP) is 3.93. The zero-order valence-electron chi connectivity index (χ0n) is 18.7.